The van der Waals surface area contributed by atoms with E-state index in [2.05, 4.69) is 0 Å². The summed E-state index contributed by atoms with van der Waals surface area (Å²) in [6.07, 6.45) is 6.77. The highest BCUT2D eigenvalue weighted by Crippen LogP contribution is 2.25. The number of carbonyl (C=O) groups excluding carboxylic acids is 1. The Bertz CT molecular complexity index is 496. The Labute approximate surface area is 133 Å². The molecule has 3 rings (SSSR count). The van der Waals surface area contributed by atoms with Crippen LogP contribution in [0, 0.1) is 5.92 Å². The average molecular weight is 329 g/mol. The van der Waals surface area contributed by atoms with E-state index in [1.807, 2.05) is 4.90 Å². The van der Waals surface area contributed by atoms with Crippen molar-refractivity contribution in [3.63, 3.8) is 0 Å². The standard InChI is InChI=1S/C15H27N3O3S/c19-15(16-8-4-5-9-16)14-7-6-12-18(13-14)22(20,21)17-10-2-1-3-11-17/h14H,1-13H2. The van der Waals surface area contributed by atoms with Crippen molar-refractivity contribution in [3.05, 3.63) is 0 Å². The molecule has 3 heterocycles. The van der Waals surface area contributed by atoms with Gasteiger partial charge in [-0.25, -0.2) is 0 Å². The molecule has 1 unspecified atom stereocenters. The van der Waals surface area contributed by atoms with Gasteiger partial charge in [0.2, 0.25) is 5.91 Å². The van der Waals surface area contributed by atoms with Crippen LogP contribution in [-0.2, 0) is 15.0 Å². The number of carbonyl (C=O) groups is 1. The van der Waals surface area contributed by atoms with Crippen molar-refractivity contribution >= 4 is 16.1 Å². The molecule has 0 aromatic carbocycles. The molecule has 0 aromatic heterocycles. The molecular formula is C15H27N3O3S. The molecule has 0 N–H and O–H groups in total. The van der Waals surface area contributed by atoms with E-state index in [1.165, 1.54) is 0 Å². The van der Waals surface area contributed by atoms with Gasteiger partial charge in [0.15, 0.2) is 0 Å². The largest absolute Gasteiger partial charge is 0.342 e. The first-order valence-electron chi connectivity index (χ1n) is 8.63. The minimum Gasteiger partial charge on any atom is -0.342 e. The number of likely N-dealkylation sites (tertiary alicyclic amines) is 1. The highest BCUT2D eigenvalue weighted by atomic mass is 32.2. The molecule has 7 heteroatoms. The fraction of sp³-hybridized carbons (Fsp3) is 0.933. The molecule has 3 fully saturated rings. The molecule has 6 nitrogen and oxygen atoms in total. The van der Waals surface area contributed by atoms with E-state index < -0.39 is 10.2 Å². The molecule has 1 amide bonds. The molecule has 1 atom stereocenters. The van der Waals surface area contributed by atoms with Gasteiger partial charge < -0.3 is 4.90 Å². The lowest BCUT2D eigenvalue weighted by atomic mass is 9.98. The lowest BCUT2D eigenvalue weighted by Gasteiger charge is -2.37. The van der Waals surface area contributed by atoms with E-state index in [-0.39, 0.29) is 11.8 Å². The van der Waals surface area contributed by atoms with Crippen molar-refractivity contribution in [3.8, 4) is 0 Å². The van der Waals surface area contributed by atoms with Crippen LogP contribution >= 0.6 is 0 Å². The van der Waals surface area contributed by atoms with E-state index >= 15 is 0 Å². The second-order valence-electron chi connectivity index (χ2n) is 6.70. The predicted molar refractivity (Wildman–Crippen MR) is 84.5 cm³/mol. The Hall–Kier alpha value is -0.660. The monoisotopic (exact) mass is 329 g/mol. The van der Waals surface area contributed by atoms with Gasteiger partial charge in [0.05, 0.1) is 5.92 Å². The van der Waals surface area contributed by atoms with Gasteiger partial charge in [-0.15, -0.1) is 0 Å². The van der Waals surface area contributed by atoms with Crippen LogP contribution in [0.4, 0.5) is 0 Å². The van der Waals surface area contributed by atoms with Crippen LogP contribution in [0.3, 0.4) is 0 Å². The fourth-order valence-corrected chi connectivity index (χ4v) is 5.58. The number of amides is 1. The van der Waals surface area contributed by atoms with Crippen LogP contribution < -0.4 is 0 Å². The number of hydrogen-bond acceptors (Lipinski definition) is 3. The molecule has 0 aliphatic carbocycles. The maximum atomic E-state index is 12.8. The van der Waals surface area contributed by atoms with Gasteiger partial charge in [-0.1, -0.05) is 6.42 Å². The number of nitrogens with zero attached hydrogens (tertiary/aromatic N) is 3. The summed E-state index contributed by atoms with van der Waals surface area (Å²) in [5.41, 5.74) is 0. The van der Waals surface area contributed by atoms with Crippen molar-refractivity contribution in [2.75, 3.05) is 39.3 Å². The average Bonchev–Trinajstić information content (AvgIpc) is 3.09. The minimum atomic E-state index is -3.38. The first-order chi connectivity index (χ1) is 10.6. The second-order valence-corrected chi connectivity index (χ2v) is 8.63. The van der Waals surface area contributed by atoms with Crippen LogP contribution in [0.15, 0.2) is 0 Å². The van der Waals surface area contributed by atoms with Crippen LogP contribution in [0.2, 0.25) is 0 Å². The molecule has 0 radical (unpaired) electrons. The zero-order chi connectivity index (χ0) is 15.6. The lowest BCUT2D eigenvalue weighted by molar-refractivity contribution is -0.135. The molecule has 0 saturated carbocycles. The SMILES string of the molecule is O=C(C1CCCN(S(=O)(=O)N2CCCCC2)C1)N1CCCC1. The van der Waals surface area contributed by atoms with Crippen LogP contribution in [0.1, 0.15) is 44.9 Å². The van der Waals surface area contributed by atoms with E-state index in [0.717, 1.165) is 58.0 Å². The first kappa shape index (κ1) is 16.2. The van der Waals surface area contributed by atoms with Gasteiger partial charge in [0, 0.05) is 39.3 Å². The minimum absolute atomic E-state index is 0.147. The third kappa shape index (κ3) is 3.31. The summed E-state index contributed by atoms with van der Waals surface area (Å²) in [5, 5.41) is 0. The zero-order valence-electron chi connectivity index (χ0n) is 13.2. The van der Waals surface area contributed by atoms with Gasteiger partial charge in [0.1, 0.15) is 0 Å². The topological polar surface area (TPSA) is 60.9 Å². The zero-order valence-corrected chi connectivity index (χ0v) is 14.1. The van der Waals surface area contributed by atoms with E-state index in [4.69, 9.17) is 0 Å². The Kier molecular flexibility index (Phi) is 5.04. The van der Waals surface area contributed by atoms with Crippen molar-refractivity contribution < 1.29 is 13.2 Å². The van der Waals surface area contributed by atoms with Gasteiger partial charge in [-0.05, 0) is 38.5 Å². The summed E-state index contributed by atoms with van der Waals surface area (Å²) in [6.45, 7) is 3.87. The van der Waals surface area contributed by atoms with Crippen LogP contribution in [0.5, 0.6) is 0 Å². The number of hydrogen-bond donors (Lipinski definition) is 0. The van der Waals surface area contributed by atoms with Crippen molar-refractivity contribution in [2.24, 2.45) is 5.92 Å². The summed E-state index contributed by atoms with van der Waals surface area (Å²) in [4.78, 5) is 14.5. The highest BCUT2D eigenvalue weighted by Gasteiger charge is 2.37. The highest BCUT2D eigenvalue weighted by molar-refractivity contribution is 7.86. The Morgan fingerprint density at radius 3 is 2.05 bits per heavy atom. The van der Waals surface area contributed by atoms with Crippen molar-refractivity contribution in [1.29, 1.82) is 0 Å². The predicted octanol–water partition coefficient (Wildman–Crippen LogP) is 1.05. The molecule has 3 saturated heterocycles. The molecule has 3 aliphatic heterocycles. The summed E-state index contributed by atoms with van der Waals surface area (Å²) in [6, 6.07) is 0. The van der Waals surface area contributed by atoms with Crippen LogP contribution in [-0.4, -0.2) is 67.1 Å². The van der Waals surface area contributed by atoms with Crippen molar-refractivity contribution in [1.82, 2.24) is 13.5 Å². The third-order valence-corrected chi connectivity index (χ3v) is 7.12. The van der Waals surface area contributed by atoms with E-state index in [0.29, 0.717) is 26.2 Å². The van der Waals surface area contributed by atoms with E-state index in [9.17, 15) is 13.2 Å². The summed E-state index contributed by atoms with van der Waals surface area (Å²) < 4.78 is 28.7. The number of piperidine rings is 2. The Morgan fingerprint density at radius 2 is 1.36 bits per heavy atom. The Morgan fingerprint density at radius 1 is 0.773 bits per heavy atom. The second kappa shape index (κ2) is 6.84. The maximum Gasteiger partial charge on any atom is 0.281 e. The van der Waals surface area contributed by atoms with Gasteiger partial charge in [0.25, 0.3) is 10.2 Å². The normalized spacial score (nSPS) is 28.9. The van der Waals surface area contributed by atoms with Gasteiger partial charge in [-0.2, -0.15) is 17.0 Å². The smallest absolute Gasteiger partial charge is 0.281 e. The molecule has 3 aliphatic rings. The van der Waals surface area contributed by atoms with E-state index in [1.54, 1.807) is 8.61 Å². The number of rotatable bonds is 3. The molecule has 126 valence electrons. The van der Waals surface area contributed by atoms with Gasteiger partial charge >= 0.3 is 0 Å². The molecule has 22 heavy (non-hydrogen) atoms. The molecular weight excluding hydrogens is 302 g/mol. The third-order valence-electron chi connectivity index (χ3n) is 5.12. The molecule has 0 aromatic rings. The Balaban J connectivity index is 1.65. The van der Waals surface area contributed by atoms with Gasteiger partial charge in [-0.3, -0.25) is 4.79 Å². The molecule has 0 spiro atoms. The van der Waals surface area contributed by atoms with Crippen molar-refractivity contribution in [2.45, 2.75) is 44.9 Å². The quantitative estimate of drug-likeness (QED) is 0.778. The summed E-state index contributed by atoms with van der Waals surface area (Å²) >= 11 is 0. The summed E-state index contributed by atoms with van der Waals surface area (Å²) in [5.74, 6) is 0.0162. The fourth-order valence-electron chi connectivity index (χ4n) is 3.81. The lowest BCUT2D eigenvalue weighted by Crippen LogP contribution is -2.51. The molecule has 0 bridgehead atoms. The first-order valence-corrected chi connectivity index (χ1v) is 10.0. The van der Waals surface area contributed by atoms with Crippen LogP contribution in [0.25, 0.3) is 0 Å². The maximum absolute atomic E-state index is 12.8. The summed E-state index contributed by atoms with van der Waals surface area (Å²) in [7, 11) is -3.38.